The van der Waals surface area contributed by atoms with Crippen LogP contribution in [0.4, 0.5) is 5.82 Å². The minimum absolute atomic E-state index is 0.0519. The smallest absolute Gasteiger partial charge is 0.225 e. The van der Waals surface area contributed by atoms with E-state index in [9.17, 15) is 13.2 Å². The maximum atomic E-state index is 13.2. The van der Waals surface area contributed by atoms with Crippen molar-refractivity contribution in [3.05, 3.63) is 54.0 Å². The molecule has 4 rings (SSSR count). The Morgan fingerprint density at radius 1 is 1.09 bits per heavy atom. The third kappa shape index (κ3) is 6.52. The number of rotatable bonds is 7. The molecule has 2 aliphatic heterocycles. The number of hydrogen-bond donors (Lipinski definition) is 2. The number of carbonyl (C=O) groups excluding carboxylic acids is 1. The number of hydrogen-bond acceptors (Lipinski definition) is 7. The van der Waals surface area contributed by atoms with Crippen LogP contribution in [0.1, 0.15) is 43.0 Å². The summed E-state index contributed by atoms with van der Waals surface area (Å²) in [7, 11) is -3.38. The minimum Gasteiger partial charge on any atom is -0.384 e. The van der Waals surface area contributed by atoms with Crippen molar-refractivity contribution in [2.45, 2.75) is 38.3 Å². The molecule has 1 atom stereocenters. The summed E-state index contributed by atoms with van der Waals surface area (Å²) in [5, 5.41) is 0. The second-order valence-electron chi connectivity index (χ2n) is 9.42. The number of carbonyl (C=O) groups is 1. The van der Waals surface area contributed by atoms with E-state index in [4.69, 9.17) is 5.73 Å². The fourth-order valence-electron chi connectivity index (χ4n) is 5.09. The van der Waals surface area contributed by atoms with Gasteiger partial charge in [-0.3, -0.25) is 14.7 Å². The van der Waals surface area contributed by atoms with Crippen molar-refractivity contribution in [2.75, 3.05) is 38.2 Å². The maximum Gasteiger partial charge on any atom is 0.225 e. The molecule has 2 aliphatic rings. The second kappa shape index (κ2) is 10.8. The Morgan fingerprint density at radius 3 is 2.44 bits per heavy atom. The van der Waals surface area contributed by atoms with E-state index in [1.165, 1.54) is 6.26 Å². The predicted molar refractivity (Wildman–Crippen MR) is 131 cm³/mol. The third-order valence-corrected chi connectivity index (χ3v) is 7.54. The number of amides is 1. The number of nitrogens with two attached hydrogens (primary N) is 1. The molecule has 10 heteroatoms. The van der Waals surface area contributed by atoms with Crippen LogP contribution in [-0.4, -0.2) is 66.5 Å². The molecule has 34 heavy (non-hydrogen) atoms. The number of sulfonamides is 1. The zero-order chi connectivity index (χ0) is 24.1. The predicted octanol–water partition coefficient (Wildman–Crippen LogP) is 1.80. The van der Waals surface area contributed by atoms with Gasteiger partial charge in [-0.1, -0.05) is 6.07 Å². The Hall–Kier alpha value is -2.56. The normalized spacial score (nSPS) is 19.7. The molecule has 2 aromatic rings. The van der Waals surface area contributed by atoms with E-state index in [0.717, 1.165) is 56.6 Å². The molecule has 0 spiro atoms. The number of nitrogens with one attached hydrogen (secondary N) is 1. The van der Waals surface area contributed by atoms with E-state index in [1.807, 2.05) is 35.2 Å². The first-order valence-corrected chi connectivity index (χ1v) is 13.8. The molecule has 2 saturated heterocycles. The highest BCUT2D eigenvalue weighted by molar-refractivity contribution is 7.88. The molecule has 0 aromatic carbocycles. The minimum atomic E-state index is -3.38. The highest BCUT2D eigenvalue weighted by Gasteiger charge is 2.34. The van der Waals surface area contributed by atoms with Gasteiger partial charge in [0.1, 0.15) is 5.82 Å². The van der Waals surface area contributed by atoms with Crippen molar-refractivity contribution in [1.82, 2.24) is 24.5 Å². The van der Waals surface area contributed by atoms with Crippen molar-refractivity contribution >= 4 is 21.7 Å². The molecule has 0 bridgehead atoms. The van der Waals surface area contributed by atoms with Crippen molar-refractivity contribution in [3.63, 3.8) is 0 Å². The maximum absolute atomic E-state index is 13.2. The van der Waals surface area contributed by atoms with Gasteiger partial charge in [0.25, 0.3) is 0 Å². The van der Waals surface area contributed by atoms with E-state index in [2.05, 4.69) is 19.6 Å². The number of aromatic nitrogens is 2. The Morgan fingerprint density at radius 2 is 1.82 bits per heavy atom. The second-order valence-corrected chi connectivity index (χ2v) is 11.2. The monoisotopic (exact) mass is 486 g/mol. The van der Waals surface area contributed by atoms with Gasteiger partial charge in [0.2, 0.25) is 15.9 Å². The van der Waals surface area contributed by atoms with Crippen LogP contribution in [0.25, 0.3) is 0 Å². The Bertz CT molecular complexity index is 1070. The lowest BCUT2D eigenvalue weighted by Crippen LogP contribution is -2.47. The summed E-state index contributed by atoms with van der Waals surface area (Å²) >= 11 is 0. The van der Waals surface area contributed by atoms with Gasteiger partial charge < -0.3 is 10.6 Å². The van der Waals surface area contributed by atoms with Crippen LogP contribution in [-0.2, 0) is 21.4 Å². The first-order chi connectivity index (χ1) is 16.3. The lowest BCUT2D eigenvalue weighted by atomic mass is 9.86. The van der Waals surface area contributed by atoms with Gasteiger partial charge in [-0.15, -0.1) is 0 Å². The van der Waals surface area contributed by atoms with Gasteiger partial charge in [0, 0.05) is 37.9 Å². The largest absolute Gasteiger partial charge is 0.384 e. The summed E-state index contributed by atoms with van der Waals surface area (Å²) in [4.78, 5) is 26.0. The Kier molecular flexibility index (Phi) is 7.80. The average Bonchev–Trinajstić information content (AvgIpc) is 2.83. The molecule has 2 aromatic heterocycles. The highest BCUT2D eigenvalue weighted by atomic mass is 32.2. The number of piperidine rings is 2. The Labute approximate surface area is 201 Å². The first kappa shape index (κ1) is 24.6. The molecule has 4 heterocycles. The van der Waals surface area contributed by atoms with E-state index in [0.29, 0.717) is 18.9 Å². The topological polar surface area (TPSA) is 122 Å². The van der Waals surface area contributed by atoms with E-state index < -0.39 is 10.0 Å². The van der Waals surface area contributed by atoms with Crippen molar-refractivity contribution < 1.29 is 13.2 Å². The number of nitrogens with zero attached hydrogens (tertiary/aromatic N) is 4. The molecule has 1 amide bonds. The lowest BCUT2D eigenvalue weighted by molar-refractivity contribution is -0.138. The Balaban J connectivity index is 1.29. The molecule has 3 N–H and O–H groups in total. The standard InChI is InChI=1S/C24H34N6O3S/c1-34(32,33)28-23(21-4-2-3-10-26-21)19-8-14-30(15-9-19)24(31)20-6-12-29(13-7-20)17-18-5-11-27-22(25)16-18/h2-5,10-11,16,19-20,23,28H,6-9,12-15,17H2,1H3,(H2,25,27). The van der Waals surface area contributed by atoms with Crippen LogP contribution in [0, 0.1) is 11.8 Å². The summed E-state index contributed by atoms with van der Waals surface area (Å²) in [6, 6.07) is 9.05. The van der Waals surface area contributed by atoms with E-state index in [-0.39, 0.29) is 23.8 Å². The van der Waals surface area contributed by atoms with Gasteiger partial charge in [-0.25, -0.2) is 18.1 Å². The molecule has 184 valence electrons. The van der Waals surface area contributed by atoms with E-state index >= 15 is 0 Å². The van der Waals surface area contributed by atoms with Crippen LogP contribution < -0.4 is 10.5 Å². The number of anilines is 1. The van der Waals surface area contributed by atoms with Gasteiger partial charge in [0.05, 0.1) is 18.0 Å². The SMILES string of the molecule is CS(=O)(=O)NC(c1ccccn1)C1CCN(C(=O)C2CCN(Cc3ccnc(N)c3)CC2)CC1. The van der Waals surface area contributed by atoms with Crippen LogP contribution >= 0.6 is 0 Å². The third-order valence-electron chi connectivity index (χ3n) is 6.86. The highest BCUT2D eigenvalue weighted by Crippen LogP contribution is 2.32. The molecule has 1 unspecified atom stereocenters. The van der Waals surface area contributed by atoms with Crippen LogP contribution in [0.2, 0.25) is 0 Å². The number of likely N-dealkylation sites (tertiary alicyclic amines) is 2. The fraction of sp³-hybridized carbons (Fsp3) is 0.542. The quantitative estimate of drug-likeness (QED) is 0.612. The van der Waals surface area contributed by atoms with Gasteiger partial charge in [0.15, 0.2) is 0 Å². The molecular formula is C24H34N6O3S. The van der Waals surface area contributed by atoms with Gasteiger partial charge in [-0.05, 0) is 74.5 Å². The number of pyridine rings is 2. The molecule has 0 aliphatic carbocycles. The van der Waals surface area contributed by atoms with Crippen LogP contribution in [0.3, 0.4) is 0 Å². The number of nitrogen functional groups attached to an aromatic ring is 1. The summed E-state index contributed by atoms with van der Waals surface area (Å²) in [6.45, 7) is 3.88. The average molecular weight is 487 g/mol. The van der Waals surface area contributed by atoms with Crippen molar-refractivity contribution in [2.24, 2.45) is 11.8 Å². The van der Waals surface area contributed by atoms with Crippen molar-refractivity contribution in [1.29, 1.82) is 0 Å². The molecule has 0 radical (unpaired) electrons. The summed E-state index contributed by atoms with van der Waals surface area (Å²) < 4.78 is 26.7. The summed E-state index contributed by atoms with van der Waals surface area (Å²) in [6.07, 6.45) is 7.79. The lowest BCUT2D eigenvalue weighted by Gasteiger charge is -2.39. The summed E-state index contributed by atoms with van der Waals surface area (Å²) in [5.74, 6) is 0.916. The zero-order valence-corrected chi connectivity index (χ0v) is 20.5. The molecule has 9 nitrogen and oxygen atoms in total. The van der Waals surface area contributed by atoms with E-state index in [1.54, 1.807) is 12.4 Å². The molecule has 2 fully saturated rings. The van der Waals surface area contributed by atoms with Crippen LogP contribution in [0.15, 0.2) is 42.7 Å². The fourth-order valence-corrected chi connectivity index (χ4v) is 5.86. The van der Waals surface area contributed by atoms with Crippen LogP contribution in [0.5, 0.6) is 0 Å². The zero-order valence-electron chi connectivity index (χ0n) is 19.6. The van der Waals surface area contributed by atoms with Gasteiger partial charge in [-0.2, -0.15) is 0 Å². The summed E-state index contributed by atoms with van der Waals surface area (Å²) in [5.41, 5.74) is 7.65. The van der Waals surface area contributed by atoms with Gasteiger partial charge >= 0.3 is 0 Å². The van der Waals surface area contributed by atoms with Crippen molar-refractivity contribution in [3.8, 4) is 0 Å². The molecule has 0 saturated carbocycles. The molecular weight excluding hydrogens is 452 g/mol. The first-order valence-electron chi connectivity index (χ1n) is 11.9.